The van der Waals surface area contributed by atoms with Gasteiger partial charge in [0.15, 0.2) is 0 Å². The summed E-state index contributed by atoms with van der Waals surface area (Å²) in [5.41, 5.74) is 2.47. The second-order valence-corrected chi connectivity index (χ2v) is 6.89. The fraction of sp³-hybridized carbons (Fsp3) is 0.667. The van der Waals surface area contributed by atoms with Crippen molar-refractivity contribution < 1.29 is 14.9 Å². The van der Waals surface area contributed by atoms with Crippen molar-refractivity contribution in [1.82, 2.24) is 5.32 Å². The van der Waals surface area contributed by atoms with Crippen LogP contribution >= 0.6 is 0 Å². The van der Waals surface area contributed by atoms with Gasteiger partial charge in [0.1, 0.15) is 18.5 Å². The van der Waals surface area contributed by atoms with E-state index < -0.39 is 6.10 Å². The molecule has 0 bridgehead atoms. The van der Waals surface area contributed by atoms with Gasteiger partial charge in [0.2, 0.25) is 0 Å². The Bertz CT molecular complexity index is 450. The summed E-state index contributed by atoms with van der Waals surface area (Å²) in [6, 6.07) is 6.21. The largest absolute Gasteiger partial charge is 0.491 e. The van der Waals surface area contributed by atoms with Crippen LogP contribution in [0.1, 0.15) is 45.2 Å². The SMILES string of the molecule is CC[C@H](CO)NC[C@H](O)COc1ccc(C(C)(C)C)cc1C. The summed E-state index contributed by atoms with van der Waals surface area (Å²) >= 11 is 0. The third kappa shape index (κ3) is 5.95. The molecule has 0 radical (unpaired) electrons. The van der Waals surface area contributed by atoms with Crippen molar-refractivity contribution in [2.75, 3.05) is 19.8 Å². The summed E-state index contributed by atoms with van der Waals surface area (Å²) in [6.07, 6.45) is 0.236. The molecular formula is C18H31NO3. The first-order chi connectivity index (χ1) is 10.3. The van der Waals surface area contributed by atoms with Crippen LogP contribution in [0.25, 0.3) is 0 Å². The quantitative estimate of drug-likeness (QED) is 0.690. The van der Waals surface area contributed by atoms with E-state index in [2.05, 4.69) is 38.2 Å². The van der Waals surface area contributed by atoms with E-state index in [1.54, 1.807) is 0 Å². The number of aliphatic hydroxyl groups excluding tert-OH is 2. The monoisotopic (exact) mass is 309 g/mol. The van der Waals surface area contributed by atoms with Crippen LogP contribution in [0.4, 0.5) is 0 Å². The van der Waals surface area contributed by atoms with E-state index in [-0.39, 0.29) is 24.7 Å². The second-order valence-electron chi connectivity index (χ2n) is 6.89. The number of nitrogens with one attached hydrogen (secondary N) is 1. The highest BCUT2D eigenvalue weighted by atomic mass is 16.5. The van der Waals surface area contributed by atoms with E-state index in [1.807, 2.05) is 19.9 Å². The van der Waals surface area contributed by atoms with Crippen molar-refractivity contribution in [2.24, 2.45) is 0 Å². The van der Waals surface area contributed by atoms with E-state index in [0.717, 1.165) is 17.7 Å². The van der Waals surface area contributed by atoms with Crippen LogP contribution in [0.15, 0.2) is 18.2 Å². The molecule has 0 amide bonds. The smallest absolute Gasteiger partial charge is 0.122 e. The molecule has 0 aliphatic heterocycles. The third-order valence-corrected chi connectivity index (χ3v) is 3.83. The van der Waals surface area contributed by atoms with Crippen molar-refractivity contribution in [1.29, 1.82) is 0 Å². The lowest BCUT2D eigenvalue weighted by Crippen LogP contribution is -2.39. The topological polar surface area (TPSA) is 61.7 Å². The first-order valence-electron chi connectivity index (χ1n) is 8.04. The zero-order chi connectivity index (χ0) is 16.8. The summed E-state index contributed by atoms with van der Waals surface area (Å²) in [5, 5.41) is 22.2. The highest BCUT2D eigenvalue weighted by molar-refractivity contribution is 5.38. The number of hydrogen-bond donors (Lipinski definition) is 3. The van der Waals surface area contributed by atoms with Crippen LogP contribution in [0, 0.1) is 6.92 Å². The molecule has 0 spiro atoms. The number of rotatable bonds is 8. The Morgan fingerprint density at radius 1 is 1.27 bits per heavy atom. The van der Waals surface area contributed by atoms with Gasteiger partial charge in [-0.1, -0.05) is 39.8 Å². The third-order valence-electron chi connectivity index (χ3n) is 3.83. The van der Waals surface area contributed by atoms with E-state index in [4.69, 9.17) is 9.84 Å². The van der Waals surface area contributed by atoms with Crippen LogP contribution in [0.2, 0.25) is 0 Å². The van der Waals surface area contributed by atoms with Gasteiger partial charge in [0.25, 0.3) is 0 Å². The van der Waals surface area contributed by atoms with Crippen LogP contribution < -0.4 is 10.1 Å². The molecule has 1 rings (SSSR count). The van der Waals surface area contributed by atoms with Crippen molar-refractivity contribution in [3.8, 4) is 5.75 Å². The molecule has 1 aromatic carbocycles. The van der Waals surface area contributed by atoms with Crippen molar-refractivity contribution >= 4 is 0 Å². The summed E-state index contributed by atoms with van der Waals surface area (Å²) in [6.45, 7) is 11.3. The number of hydrogen-bond acceptors (Lipinski definition) is 4. The molecule has 1 aromatic rings. The standard InChI is InChI=1S/C18H31NO3/c1-6-15(11-20)19-10-16(21)12-22-17-8-7-14(9-13(17)2)18(3,4)5/h7-9,15-16,19-21H,6,10-12H2,1-5H3/t15-,16+/m1/s1. The maximum Gasteiger partial charge on any atom is 0.122 e. The second kappa shape index (κ2) is 8.51. The Hall–Kier alpha value is -1.10. The first-order valence-corrected chi connectivity index (χ1v) is 8.04. The van der Waals surface area contributed by atoms with E-state index in [9.17, 15) is 5.11 Å². The minimum atomic E-state index is -0.595. The summed E-state index contributed by atoms with van der Waals surface area (Å²) in [5.74, 6) is 0.807. The molecular weight excluding hydrogens is 278 g/mol. The van der Waals surface area contributed by atoms with E-state index in [0.29, 0.717) is 6.54 Å². The Balaban J connectivity index is 2.51. The molecule has 4 nitrogen and oxygen atoms in total. The Morgan fingerprint density at radius 3 is 2.45 bits per heavy atom. The molecule has 3 N–H and O–H groups in total. The van der Waals surface area contributed by atoms with Gasteiger partial charge in [0.05, 0.1) is 6.61 Å². The van der Waals surface area contributed by atoms with Gasteiger partial charge in [-0.25, -0.2) is 0 Å². The molecule has 4 heteroatoms. The average molecular weight is 309 g/mol. The molecule has 126 valence electrons. The highest BCUT2D eigenvalue weighted by Crippen LogP contribution is 2.27. The van der Waals surface area contributed by atoms with Gasteiger partial charge in [0, 0.05) is 12.6 Å². The number of aliphatic hydroxyl groups is 2. The van der Waals surface area contributed by atoms with Crippen LogP contribution in [0.5, 0.6) is 5.75 Å². The number of ether oxygens (including phenoxy) is 1. The zero-order valence-electron chi connectivity index (χ0n) is 14.5. The lowest BCUT2D eigenvalue weighted by Gasteiger charge is -2.21. The molecule has 0 unspecified atom stereocenters. The molecule has 0 aliphatic carbocycles. The van der Waals surface area contributed by atoms with E-state index in [1.165, 1.54) is 5.56 Å². The van der Waals surface area contributed by atoms with Crippen molar-refractivity contribution in [2.45, 2.75) is 58.6 Å². The predicted molar refractivity (Wildman–Crippen MR) is 90.5 cm³/mol. The zero-order valence-corrected chi connectivity index (χ0v) is 14.5. The maximum absolute atomic E-state index is 9.96. The minimum absolute atomic E-state index is 0.0301. The number of benzene rings is 1. The fourth-order valence-corrected chi connectivity index (χ4v) is 2.16. The number of aryl methyl sites for hydroxylation is 1. The Labute approximate surface area is 134 Å². The Morgan fingerprint density at radius 2 is 1.95 bits per heavy atom. The molecule has 0 saturated carbocycles. The molecule has 2 atom stereocenters. The van der Waals surface area contributed by atoms with Crippen LogP contribution in [0.3, 0.4) is 0 Å². The van der Waals surface area contributed by atoms with Gasteiger partial charge < -0.3 is 20.3 Å². The van der Waals surface area contributed by atoms with Crippen molar-refractivity contribution in [3.63, 3.8) is 0 Å². The molecule has 0 heterocycles. The van der Waals surface area contributed by atoms with Crippen LogP contribution in [-0.4, -0.2) is 42.1 Å². The predicted octanol–water partition coefficient (Wildman–Crippen LogP) is 2.39. The Kier molecular flexibility index (Phi) is 7.33. The molecule has 0 aliphatic rings. The van der Waals surface area contributed by atoms with E-state index >= 15 is 0 Å². The van der Waals surface area contributed by atoms with Gasteiger partial charge >= 0.3 is 0 Å². The van der Waals surface area contributed by atoms with Crippen molar-refractivity contribution in [3.05, 3.63) is 29.3 Å². The highest BCUT2D eigenvalue weighted by Gasteiger charge is 2.15. The summed E-state index contributed by atoms with van der Waals surface area (Å²) in [7, 11) is 0. The first kappa shape index (κ1) is 18.9. The normalized spacial score (nSPS) is 14.7. The maximum atomic E-state index is 9.96. The molecule has 0 fully saturated rings. The lowest BCUT2D eigenvalue weighted by molar-refractivity contribution is 0.0991. The van der Waals surface area contributed by atoms with Gasteiger partial charge in [-0.15, -0.1) is 0 Å². The van der Waals surface area contributed by atoms with Gasteiger partial charge in [-0.05, 0) is 36.0 Å². The average Bonchev–Trinajstić information content (AvgIpc) is 2.46. The molecule has 0 aromatic heterocycles. The lowest BCUT2D eigenvalue weighted by atomic mass is 9.86. The van der Waals surface area contributed by atoms with Gasteiger partial charge in [-0.2, -0.15) is 0 Å². The van der Waals surface area contributed by atoms with Gasteiger partial charge in [-0.3, -0.25) is 0 Å². The summed E-state index contributed by atoms with van der Waals surface area (Å²) in [4.78, 5) is 0. The fourth-order valence-electron chi connectivity index (χ4n) is 2.16. The molecule has 0 saturated heterocycles. The van der Waals surface area contributed by atoms with Crippen LogP contribution in [-0.2, 0) is 5.41 Å². The molecule has 22 heavy (non-hydrogen) atoms. The summed E-state index contributed by atoms with van der Waals surface area (Å²) < 4.78 is 5.71. The minimum Gasteiger partial charge on any atom is -0.491 e.